The first-order valence-corrected chi connectivity index (χ1v) is 8.92. The van der Waals surface area contributed by atoms with Crippen LogP contribution in [-0.2, 0) is 14.4 Å². The lowest BCUT2D eigenvalue weighted by atomic mass is 9.88. The smallest absolute Gasteiger partial charge is 0.308 e. The summed E-state index contributed by atoms with van der Waals surface area (Å²) in [4.78, 5) is 39.8. The van der Waals surface area contributed by atoms with Crippen LogP contribution in [0.4, 0.5) is 5.69 Å². The number of hydrogen-bond acceptors (Lipinski definition) is 6. The van der Waals surface area contributed by atoms with Crippen LogP contribution in [0.25, 0.3) is 0 Å². The summed E-state index contributed by atoms with van der Waals surface area (Å²) in [5.74, 6) is -1.63. The number of benzene rings is 1. The Hall–Kier alpha value is -2.97. The van der Waals surface area contributed by atoms with Gasteiger partial charge in [0.15, 0.2) is 0 Å². The topological polar surface area (TPSA) is 131 Å². The molecule has 1 aliphatic carbocycles. The Morgan fingerprint density at radius 2 is 1.93 bits per heavy atom. The first-order chi connectivity index (χ1) is 12.9. The molecule has 0 bridgehead atoms. The highest BCUT2D eigenvalue weighted by Crippen LogP contribution is 2.32. The summed E-state index contributed by atoms with van der Waals surface area (Å²) in [6, 6.07) is 5.70. The molecule has 1 aromatic carbocycles. The van der Waals surface area contributed by atoms with Gasteiger partial charge in [-0.3, -0.25) is 19.7 Å². The van der Waals surface area contributed by atoms with Crippen LogP contribution in [0, 0.1) is 10.1 Å². The molecule has 27 heavy (non-hydrogen) atoms. The summed E-state index contributed by atoms with van der Waals surface area (Å²) in [7, 11) is 0. The number of oxime groups is 1. The molecule has 1 aliphatic heterocycles. The summed E-state index contributed by atoms with van der Waals surface area (Å²) < 4.78 is 0. The molecule has 0 radical (unpaired) electrons. The van der Waals surface area contributed by atoms with Gasteiger partial charge in [0.2, 0.25) is 5.60 Å². The minimum atomic E-state index is -1.60. The van der Waals surface area contributed by atoms with Crippen molar-refractivity contribution < 1.29 is 24.5 Å². The molecule has 1 atom stereocenters. The maximum Gasteiger partial charge on any atom is 0.308 e. The van der Waals surface area contributed by atoms with Crippen LogP contribution in [0.1, 0.15) is 50.5 Å². The zero-order valence-electron chi connectivity index (χ0n) is 14.7. The van der Waals surface area contributed by atoms with E-state index in [2.05, 4.69) is 10.5 Å². The van der Waals surface area contributed by atoms with Gasteiger partial charge in [0.1, 0.15) is 0 Å². The van der Waals surface area contributed by atoms with Crippen molar-refractivity contribution in [3.05, 3.63) is 39.9 Å². The Bertz CT molecular complexity index is 770. The first-order valence-electron chi connectivity index (χ1n) is 8.92. The van der Waals surface area contributed by atoms with E-state index in [1.165, 1.54) is 24.3 Å². The number of carboxylic acids is 1. The predicted molar refractivity (Wildman–Crippen MR) is 95.3 cm³/mol. The summed E-state index contributed by atoms with van der Waals surface area (Å²) in [5, 5.41) is 26.9. The van der Waals surface area contributed by atoms with Gasteiger partial charge in [-0.05, 0) is 30.5 Å². The minimum absolute atomic E-state index is 0.00430. The van der Waals surface area contributed by atoms with E-state index in [9.17, 15) is 24.8 Å². The predicted octanol–water partition coefficient (Wildman–Crippen LogP) is 2.38. The maximum absolute atomic E-state index is 12.8. The number of nitro benzene ring substituents is 1. The number of nitro groups is 1. The second-order valence-corrected chi connectivity index (χ2v) is 6.98. The molecule has 1 heterocycles. The van der Waals surface area contributed by atoms with Gasteiger partial charge in [-0.15, -0.1) is 0 Å². The van der Waals surface area contributed by atoms with Crippen LogP contribution >= 0.6 is 0 Å². The normalized spacial score (nSPS) is 22.6. The van der Waals surface area contributed by atoms with E-state index in [-0.39, 0.29) is 18.2 Å². The molecule has 1 fully saturated rings. The Morgan fingerprint density at radius 1 is 1.26 bits per heavy atom. The summed E-state index contributed by atoms with van der Waals surface area (Å²) >= 11 is 0. The molecule has 0 spiro atoms. The SMILES string of the molecule is O=C(O)C[C@]1(C(=O)NC2CCCCC2)CC(c2ccc([N+](=O)[O-])cc2)=NO1. The number of rotatable bonds is 6. The summed E-state index contributed by atoms with van der Waals surface area (Å²) in [5.41, 5.74) is -0.714. The van der Waals surface area contributed by atoms with Gasteiger partial charge in [-0.1, -0.05) is 24.4 Å². The van der Waals surface area contributed by atoms with Gasteiger partial charge in [0, 0.05) is 24.6 Å². The van der Waals surface area contributed by atoms with Gasteiger partial charge < -0.3 is 15.3 Å². The molecule has 9 nitrogen and oxygen atoms in total. The average molecular weight is 375 g/mol. The molecule has 2 N–H and O–H groups in total. The van der Waals surface area contributed by atoms with Gasteiger partial charge >= 0.3 is 5.97 Å². The standard InChI is InChI=1S/C18H21N3O6/c22-16(23)11-18(17(24)19-13-4-2-1-3-5-13)10-15(20-27-18)12-6-8-14(9-7-12)21(25)26/h6-9,13H,1-5,10-11H2,(H,19,24)(H,22,23)/t18-/m0/s1. The van der Waals surface area contributed by atoms with E-state index < -0.39 is 28.8 Å². The molecular formula is C18H21N3O6. The number of non-ortho nitro benzene ring substituents is 1. The Balaban J connectivity index is 1.75. The van der Waals surface area contributed by atoms with Crippen LogP contribution < -0.4 is 5.32 Å². The molecule has 9 heteroatoms. The lowest BCUT2D eigenvalue weighted by Gasteiger charge is -2.29. The number of aliphatic carboxylic acids is 1. The number of nitrogens with one attached hydrogen (secondary N) is 1. The van der Waals surface area contributed by atoms with Crippen molar-refractivity contribution in [3.63, 3.8) is 0 Å². The number of nitrogens with zero attached hydrogens (tertiary/aromatic N) is 2. The number of carboxylic acid groups (broad SMARTS) is 1. The largest absolute Gasteiger partial charge is 0.481 e. The quantitative estimate of drug-likeness (QED) is 0.580. The fourth-order valence-corrected chi connectivity index (χ4v) is 3.51. The number of carbonyl (C=O) groups excluding carboxylic acids is 1. The van der Waals surface area contributed by atoms with Crippen LogP contribution in [0.15, 0.2) is 29.4 Å². The van der Waals surface area contributed by atoms with Crippen molar-refractivity contribution in [2.24, 2.45) is 5.16 Å². The molecule has 0 unspecified atom stereocenters. The first kappa shape index (κ1) is 18.8. The molecular weight excluding hydrogens is 354 g/mol. The Morgan fingerprint density at radius 3 is 2.52 bits per heavy atom. The van der Waals surface area contributed by atoms with Crippen molar-refractivity contribution in [1.29, 1.82) is 0 Å². The van der Waals surface area contributed by atoms with Crippen molar-refractivity contribution >= 4 is 23.3 Å². The van der Waals surface area contributed by atoms with Crippen molar-refractivity contribution in [2.75, 3.05) is 0 Å². The van der Waals surface area contributed by atoms with E-state index in [1.54, 1.807) is 0 Å². The third-order valence-electron chi connectivity index (χ3n) is 4.99. The van der Waals surface area contributed by atoms with Crippen LogP contribution in [0.5, 0.6) is 0 Å². The van der Waals surface area contributed by atoms with Gasteiger partial charge in [0.25, 0.3) is 11.6 Å². The Labute approximate surface area is 155 Å². The summed E-state index contributed by atoms with van der Waals surface area (Å²) in [6.45, 7) is 0. The van der Waals surface area contributed by atoms with E-state index in [0.717, 1.165) is 32.1 Å². The van der Waals surface area contributed by atoms with Crippen molar-refractivity contribution in [1.82, 2.24) is 5.32 Å². The number of carbonyl (C=O) groups is 2. The average Bonchev–Trinajstić information content (AvgIpc) is 3.07. The zero-order chi connectivity index (χ0) is 19.4. The van der Waals surface area contributed by atoms with Crippen LogP contribution in [0.3, 0.4) is 0 Å². The molecule has 144 valence electrons. The number of hydrogen-bond donors (Lipinski definition) is 2. The number of amides is 1. The lowest BCUT2D eigenvalue weighted by Crippen LogP contribution is -2.52. The van der Waals surface area contributed by atoms with E-state index in [1.807, 2.05) is 0 Å². The fraction of sp³-hybridized carbons (Fsp3) is 0.500. The van der Waals surface area contributed by atoms with Crippen LogP contribution in [-0.4, -0.2) is 39.3 Å². The second-order valence-electron chi connectivity index (χ2n) is 6.98. The third-order valence-corrected chi connectivity index (χ3v) is 4.99. The maximum atomic E-state index is 12.8. The summed E-state index contributed by atoms with van der Waals surface area (Å²) in [6.07, 6.45) is 4.41. The fourth-order valence-electron chi connectivity index (χ4n) is 3.51. The highest BCUT2D eigenvalue weighted by Gasteiger charge is 2.49. The molecule has 1 aromatic rings. The minimum Gasteiger partial charge on any atom is -0.481 e. The van der Waals surface area contributed by atoms with Gasteiger partial charge in [0.05, 0.1) is 17.1 Å². The van der Waals surface area contributed by atoms with Crippen molar-refractivity contribution in [2.45, 2.75) is 56.6 Å². The molecule has 0 saturated heterocycles. The van der Waals surface area contributed by atoms with E-state index in [0.29, 0.717) is 11.3 Å². The highest BCUT2D eigenvalue weighted by molar-refractivity contribution is 6.06. The molecule has 1 amide bonds. The molecule has 0 aromatic heterocycles. The highest BCUT2D eigenvalue weighted by atomic mass is 16.7. The van der Waals surface area contributed by atoms with Crippen molar-refractivity contribution in [3.8, 4) is 0 Å². The lowest BCUT2D eigenvalue weighted by molar-refractivity contribution is -0.384. The zero-order valence-corrected chi connectivity index (χ0v) is 14.7. The van der Waals surface area contributed by atoms with E-state index in [4.69, 9.17) is 4.84 Å². The van der Waals surface area contributed by atoms with Gasteiger partial charge in [-0.25, -0.2) is 0 Å². The monoisotopic (exact) mass is 375 g/mol. The van der Waals surface area contributed by atoms with E-state index >= 15 is 0 Å². The van der Waals surface area contributed by atoms with Crippen LogP contribution in [0.2, 0.25) is 0 Å². The third kappa shape index (κ3) is 4.24. The van der Waals surface area contributed by atoms with Gasteiger partial charge in [-0.2, -0.15) is 0 Å². The second kappa shape index (κ2) is 7.73. The molecule has 2 aliphatic rings. The molecule has 3 rings (SSSR count). The Kier molecular flexibility index (Phi) is 5.38. The molecule has 1 saturated carbocycles.